The van der Waals surface area contributed by atoms with Gasteiger partial charge in [0.2, 0.25) is 0 Å². The average Bonchev–Trinajstić information content (AvgIpc) is 3.14. The molecule has 9 nitrogen and oxygen atoms in total. The molecule has 2 amide bonds. The Labute approximate surface area is 225 Å². The van der Waals surface area contributed by atoms with Crippen LogP contribution in [-0.2, 0) is 0 Å². The van der Waals surface area contributed by atoms with Crippen molar-refractivity contribution < 1.29 is 28.6 Å². The zero-order chi connectivity index (χ0) is 26.4. The third-order valence-corrected chi connectivity index (χ3v) is 6.23. The molecule has 0 radical (unpaired) electrons. The zero-order valence-corrected chi connectivity index (χ0v) is 21.4. The van der Waals surface area contributed by atoms with Gasteiger partial charge in [0.1, 0.15) is 11.3 Å². The third kappa shape index (κ3) is 6.45. The van der Waals surface area contributed by atoms with E-state index in [2.05, 4.69) is 20.9 Å². The van der Waals surface area contributed by atoms with Gasteiger partial charge in [-0.3, -0.25) is 19.4 Å². The molecule has 1 saturated heterocycles. The van der Waals surface area contributed by atoms with E-state index in [0.29, 0.717) is 24.1 Å². The topological polar surface area (TPSA) is 130 Å². The molecule has 0 bridgehead atoms. The number of hydrogen-bond acceptors (Lipinski definition) is 7. The maximum Gasteiger partial charge on any atom is 0.251 e. The molecule has 0 spiro atoms. The summed E-state index contributed by atoms with van der Waals surface area (Å²) in [6, 6.07) is 10.7. The molecule has 0 saturated carbocycles. The van der Waals surface area contributed by atoms with Crippen molar-refractivity contribution in [1.82, 2.24) is 20.9 Å². The molecule has 4 N–H and O–H groups in total. The highest BCUT2D eigenvalue weighted by Crippen LogP contribution is 2.30. The van der Waals surface area contributed by atoms with Crippen LogP contribution in [-0.4, -0.2) is 60.0 Å². The van der Waals surface area contributed by atoms with Crippen LogP contribution in [0.3, 0.4) is 0 Å². The number of carbonyl (C=O) groups is 3. The van der Waals surface area contributed by atoms with E-state index in [1.165, 1.54) is 55.9 Å². The van der Waals surface area contributed by atoms with Gasteiger partial charge >= 0.3 is 0 Å². The Morgan fingerprint density at radius 3 is 2.21 bits per heavy atom. The molecular weight excluding hydrogens is 515 g/mol. The SMILES string of the molecule is COc1ccc(O)c(C(=O)c2ccc(C(=O)N[C@@H]3CCCNC[C@H]3NC(=O)c3ccncc3)cc2)c1F.Cl. The Kier molecular flexibility index (Phi) is 9.75. The second-order valence-corrected chi connectivity index (χ2v) is 8.62. The van der Waals surface area contributed by atoms with Gasteiger partial charge in [0.25, 0.3) is 11.8 Å². The molecule has 11 heteroatoms. The number of aromatic nitrogens is 1. The molecule has 1 aromatic heterocycles. The lowest BCUT2D eigenvalue weighted by molar-refractivity contribution is 0.0882. The second-order valence-electron chi connectivity index (χ2n) is 8.62. The van der Waals surface area contributed by atoms with Gasteiger partial charge < -0.3 is 25.8 Å². The van der Waals surface area contributed by atoms with E-state index >= 15 is 0 Å². The molecular formula is C27H28ClFN4O5. The molecule has 1 fully saturated rings. The first kappa shape index (κ1) is 28.5. The van der Waals surface area contributed by atoms with Crippen LogP contribution < -0.4 is 20.7 Å². The summed E-state index contributed by atoms with van der Waals surface area (Å²) in [4.78, 5) is 42.5. The van der Waals surface area contributed by atoms with Gasteiger partial charge in [-0.2, -0.15) is 0 Å². The smallest absolute Gasteiger partial charge is 0.251 e. The second kappa shape index (κ2) is 13.0. The summed E-state index contributed by atoms with van der Waals surface area (Å²) >= 11 is 0. The summed E-state index contributed by atoms with van der Waals surface area (Å²) in [5.41, 5.74) is 0.363. The number of nitrogens with one attached hydrogen (secondary N) is 3. The molecule has 3 aromatic rings. The van der Waals surface area contributed by atoms with Crippen LogP contribution in [0.25, 0.3) is 0 Å². The van der Waals surface area contributed by atoms with Gasteiger partial charge in [0.15, 0.2) is 17.3 Å². The monoisotopic (exact) mass is 542 g/mol. The first-order valence-electron chi connectivity index (χ1n) is 11.8. The number of methoxy groups -OCH3 is 1. The van der Waals surface area contributed by atoms with Crippen LogP contribution in [0.4, 0.5) is 4.39 Å². The summed E-state index contributed by atoms with van der Waals surface area (Å²) in [7, 11) is 1.26. The summed E-state index contributed by atoms with van der Waals surface area (Å²) < 4.78 is 19.5. The standard InChI is InChI=1S/C27H27FN4O5.ClH/c1-37-22-9-8-21(33)23(24(22)28)25(34)16-4-6-17(7-5-16)26(35)31-19-3-2-12-30-15-20(19)32-27(36)18-10-13-29-14-11-18;/h4-11,13-14,19-20,30,33H,2-3,12,15H2,1H3,(H,31,35)(H,32,36);1H/t19-,20-;/m1./s1. The largest absolute Gasteiger partial charge is 0.507 e. The minimum absolute atomic E-state index is 0. The van der Waals surface area contributed by atoms with E-state index in [0.717, 1.165) is 13.0 Å². The van der Waals surface area contributed by atoms with Crippen molar-refractivity contribution in [3.8, 4) is 11.5 Å². The number of hydrogen-bond donors (Lipinski definition) is 4. The highest BCUT2D eigenvalue weighted by molar-refractivity contribution is 6.11. The first-order chi connectivity index (χ1) is 17.9. The molecule has 1 aliphatic rings. The molecule has 38 heavy (non-hydrogen) atoms. The molecule has 2 aromatic carbocycles. The van der Waals surface area contributed by atoms with Gasteiger partial charge in [-0.15, -0.1) is 12.4 Å². The van der Waals surface area contributed by atoms with E-state index in [4.69, 9.17) is 4.74 Å². The van der Waals surface area contributed by atoms with Gasteiger partial charge in [-0.25, -0.2) is 4.39 Å². The normalized spacial score (nSPS) is 16.9. The summed E-state index contributed by atoms with van der Waals surface area (Å²) in [6.45, 7) is 1.25. The predicted octanol–water partition coefficient (Wildman–Crippen LogP) is 2.87. The number of halogens is 2. The number of phenols is 1. The predicted molar refractivity (Wildman–Crippen MR) is 141 cm³/mol. The zero-order valence-electron chi connectivity index (χ0n) is 20.6. The Hall–Kier alpha value is -4.02. The number of rotatable bonds is 7. The molecule has 4 rings (SSSR count). The fourth-order valence-corrected chi connectivity index (χ4v) is 4.22. The minimum atomic E-state index is -0.962. The van der Waals surface area contributed by atoms with Crippen LogP contribution in [0.15, 0.2) is 60.9 Å². The van der Waals surface area contributed by atoms with Crippen LogP contribution in [0.5, 0.6) is 11.5 Å². The summed E-state index contributed by atoms with van der Waals surface area (Å²) in [5.74, 6) is -3.01. The Morgan fingerprint density at radius 1 is 0.947 bits per heavy atom. The van der Waals surface area contributed by atoms with Crippen molar-refractivity contribution in [2.24, 2.45) is 0 Å². The van der Waals surface area contributed by atoms with E-state index in [1.54, 1.807) is 12.1 Å². The number of phenolic OH excluding ortho intramolecular Hbond substituents is 1. The van der Waals surface area contributed by atoms with Gasteiger partial charge in [0, 0.05) is 35.6 Å². The fourth-order valence-electron chi connectivity index (χ4n) is 4.22. The number of pyridine rings is 1. The van der Waals surface area contributed by atoms with Crippen LogP contribution in [0.1, 0.15) is 49.5 Å². The number of benzene rings is 2. The minimum Gasteiger partial charge on any atom is -0.507 e. The van der Waals surface area contributed by atoms with Crippen LogP contribution in [0.2, 0.25) is 0 Å². The summed E-state index contributed by atoms with van der Waals surface area (Å²) in [5, 5.41) is 19.3. The maximum atomic E-state index is 14.6. The average molecular weight is 543 g/mol. The number of aromatic hydroxyl groups is 1. The van der Waals surface area contributed by atoms with Gasteiger partial charge in [-0.1, -0.05) is 12.1 Å². The van der Waals surface area contributed by atoms with Gasteiger partial charge in [-0.05, 0) is 55.8 Å². The highest BCUT2D eigenvalue weighted by Gasteiger charge is 2.28. The lowest BCUT2D eigenvalue weighted by Crippen LogP contribution is -2.54. The maximum absolute atomic E-state index is 14.6. The number of ether oxygens (including phenoxy) is 1. The molecule has 0 aliphatic carbocycles. The summed E-state index contributed by atoms with van der Waals surface area (Å²) in [6.07, 6.45) is 4.55. The van der Waals surface area contributed by atoms with Crippen molar-refractivity contribution in [2.45, 2.75) is 24.9 Å². The van der Waals surface area contributed by atoms with E-state index in [9.17, 15) is 23.9 Å². The number of carbonyl (C=O) groups excluding carboxylic acids is 3. The van der Waals surface area contributed by atoms with Crippen molar-refractivity contribution in [2.75, 3.05) is 20.2 Å². The molecule has 2 heterocycles. The van der Waals surface area contributed by atoms with E-state index in [1.807, 2.05) is 0 Å². The lowest BCUT2D eigenvalue weighted by atomic mass is 9.99. The van der Waals surface area contributed by atoms with Gasteiger partial charge in [0.05, 0.1) is 19.2 Å². The fraction of sp³-hybridized carbons (Fsp3) is 0.259. The Morgan fingerprint density at radius 2 is 1.55 bits per heavy atom. The number of amides is 2. The van der Waals surface area contributed by atoms with Crippen LogP contribution >= 0.6 is 12.4 Å². The third-order valence-electron chi connectivity index (χ3n) is 6.23. The van der Waals surface area contributed by atoms with Crippen molar-refractivity contribution in [3.05, 3.63) is 89.0 Å². The Balaban J connectivity index is 0.00000400. The molecule has 1 aliphatic heterocycles. The van der Waals surface area contributed by atoms with Crippen molar-refractivity contribution in [3.63, 3.8) is 0 Å². The highest BCUT2D eigenvalue weighted by atomic mass is 35.5. The Bertz CT molecular complexity index is 1290. The van der Waals surface area contributed by atoms with E-state index in [-0.39, 0.29) is 47.6 Å². The lowest BCUT2D eigenvalue weighted by Gasteiger charge is -2.27. The number of nitrogens with zero attached hydrogens (tertiary/aromatic N) is 1. The molecule has 0 unspecified atom stereocenters. The first-order valence-corrected chi connectivity index (χ1v) is 11.8. The van der Waals surface area contributed by atoms with Crippen molar-refractivity contribution in [1.29, 1.82) is 0 Å². The molecule has 2 atom stereocenters. The van der Waals surface area contributed by atoms with E-state index < -0.39 is 22.9 Å². The number of ketones is 1. The quantitative estimate of drug-likeness (QED) is 0.338. The molecule has 200 valence electrons. The van der Waals surface area contributed by atoms with Crippen molar-refractivity contribution >= 4 is 30.0 Å². The van der Waals surface area contributed by atoms with Crippen LogP contribution in [0, 0.1) is 5.82 Å².